The molecule has 90 valence electrons. The quantitative estimate of drug-likeness (QED) is 0.541. The van der Waals surface area contributed by atoms with E-state index in [1.807, 2.05) is 12.1 Å². The Morgan fingerprint density at radius 1 is 1.53 bits per heavy atom. The van der Waals surface area contributed by atoms with Crippen molar-refractivity contribution in [3.8, 4) is 5.75 Å². The van der Waals surface area contributed by atoms with Gasteiger partial charge >= 0.3 is 0 Å². The molecule has 17 heavy (non-hydrogen) atoms. The smallest absolute Gasteiger partial charge is 0.183 e. The number of phenols is 1. The van der Waals surface area contributed by atoms with E-state index in [9.17, 15) is 5.11 Å². The van der Waals surface area contributed by atoms with E-state index in [0.29, 0.717) is 16.7 Å². The van der Waals surface area contributed by atoms with Gasteiger partial charge in [0.05, 0.1) is 15.8 Å². The van der Waals surface area contributed by atoms with E-state index < -0.39 is 0 Å². The molecule has 0 fully saturated rings. The van der Waals surface area contributed by atoms with Gasteiger partial charge in [0.15, 0.2) is 10.2 Å². The van der Waals surface area contributed by atoms with Gasteiger partial charge in [-0.3, -0.25) is 0 Å². The Bertz CT molecular complexity index is 549. The first-order chi connectivity index (χ1) is 8.08. The van der Waals surface area contributed by atoms with E-state index in [1.165, 1.54) is 11.3 Å². The van der Waals surface area contributed by atoms with Crippen molar-refractivity contribution < 1.29 is 5.11 Å². The minimum absolute atomic E-state index is 0.246. The summed E-state index contributed by atoms with van der Waals surface area (Å²) in [5.74, 6) is 0.246. The number of anilines is 1. The summed E-state index contributed by atoms with van der Waals surface area (Å²) < 4.78 is 2.15. The lowest BCUT2D eigenvalue weighted by Crippen LogP contribution is -1.99. The fourth-order valence-corrected chi connectivity index (χ4v) is 3.08. The number of aromatic nitrogens is 1. The SMILES string of the molecule is Oc1c(I)ccc(Br)c1NCc1cnc(Cl)s1. The predicted molar refractivity (Wildman–Crippen MR) is 83.0 cm³/mol. The van der Waals surface area contributed by atoms with Crippen LogP contribution >= 0.6 is 61.5 Å². The predicted octanol–water partition coefficient (Wildman–Crippen LogP) is 4.48. The van der Waals surface area contributed by atoms with Crippen molar-refractivity contribution in [2.75, 3.05) is 5.32 Å². The van der Waals surface area contributed by atoms with E-state index in [0.717, 1.165) is 12.9 Å². The number of nitrogens with one attached hydrogen (secondary N) is 1. The molecule has 7 heteroatoms. The number of nitrogens with zero attached hydrogens (tertiary/aromatic N) is 1. The maximum Gasteiger partial charge on any atom is 0.183 e. The summed E-state index contributed by atoms with van der Waals surface area (Å²) in [6.07, 6.45) is 1.72. The van der Waals surface area contributed by atoms with Crippen LogP contribution < -0.4 is 5.32 Å². The summed E-state index contributed by atoms with van der Waals surface area (Å²) >= 11 is 12.6. The van der Waals surface area contributed by atoms with Crippen molar-refractivity contribution >= 4 is 67.1 Å². The zero-order chi connectivity index (χ0) is 12.4. The number of aromatic hydroxyl groups is 1. The van der Waals surface area contributed by atoms with Crippen LogP contribution in [0.3, 0.4) is 0 Å². The van der Waals surface area contributed by atoms with Crippen molar-refractivity contribution in [1.82, 2.24) is 4.98 Å². The average Bonchev–Trinajstić information content (AvgIpc) is 2.70. The van der Waals surface area contributed by atoms with Gasteiger partial charge in [-0.05, 0) is 50.7 Å². The lowest BCUT2D eigenvalue weighted by molar-refractivity contribution is 0.473. The summed E-state index contributed by atoms with van der Waals surface area (Å²) in [4.78, 5) is 4.97. The largest absolute Gasteiger partial charge is 0.505 e. The Morgan fingerprint density at radius 2 is 2.29 bits per heavy atom. The molecular weight excluding hydrogens is 438 g/mol. The highest BCUT2D eigenvalue weighted by atomic mass is 127. The Hall–Kier alpha value is -0.0500. The van der Waals surface area contributed by atoms with Gasteiger partial charge < -0.3 is 10.4 Å². The van der Waals surface area contributed by atoms with E-state index in [4.69, 9.17) is 11.6 Å². The van der Waals surface area contributed by atoms with Crippen LogP contribution in [-0.4, -0.2) is 10.1 Å². The minimum atomic E-state index is 0.246. The molecule has 2 aromatic rings. The molecule has 0 atom stereocenters. The van der Waals surface area contributed by atoms with Crippen molar-refractivity contribution in [3.05, 3.63) is 35.7 Å². The van der Waals surface area contributed by atoms with Gasteiger partial charge in [0, 0.05) is 15.5 Å². The van der Waals surface area contributed by atoms with Crippen LogP contribution in [-0.2, 0) is 6.54 Å². The first kappa shape index (κ1) is 13.4. The van der Waals surface area contributed by atoms with Crippen LogP contribution in [0.2, 0.25) is 4.47 Å². The second kappa shape index (κ2) is 5.73. The van der Waals surface area contributed by atoms with Crippen LogP contribution in [0.1, 0.15) is 4.88 Å². The first-order valence-electron chi connectivity index (χ1n) is 4.59. The van der Waals surface area contributed by atoms with Gasteiger partial charge in [-0.25, -0.2) is 4.98 Å². The zero-order valence-corrected chi connectivity index (χ0v) is 13.7. The Kier molecular flexibility index (Phi) is 4.51. The molecule has 0 radical (unpaired) electrons. The number of hydrogen-bond acceptors (Lipinski definition) is 4. The number of halogens is 3. The molecule has 0 bridgehead atoms. The zero-order valence-electron chi connectivity index (χ0n) is 8.38. The highest BCUT2D eigenvalue weighted by Crippen LogP contribution is 2.36. The Labute approximate surface area is 129 Å². The highest BCUT2D eigenvalue weighted by molar-refractivity contribution is 14.1. The van der Waals surface area contributed by atoms with E-state index in [-0.39, 0.29) is 5.75 Å². The number of thiazole rings is 1. The topological polar surface area (TPSA) is 45.1 Å². The lowest BCUT2D eigenvalue weighted by Gasteiger charge is -2.10. The van der Waals surface area contributed by atoms with Crippen LogP contribution in [0.4, 0.5) is 5.69 Å². The van der Waals surface area contributed by atoms with Gasteiger partial charge in [0.25, 0.3) is 0 Å². The maximum absolute atomic E-state index is 9.92. The van der Waals surface area contributed by atoms with Gasteiger partial charge in [0.1, 0.15) is 0 Å². The second-order valence-electron chi connectivity index (χ2n) is 3.19. The summed E-state index contributed by atoms with van der Waals surface area (Å²) in [5, 5.41) is 13.1. The van der Waals surface area contributed by atoms with Crippen molar-refractivity contribution in [3.63, 3.8) is 0 Å². The number of benzene rings is 1. The summed E-state index contributed by atoms with van der Waals surface area (Å²) in [5.41, 5.74) is 0.682. The lowest BCUT2D eigenvalue weighted by atomic mass is 10.3. The molecular formula is C10H7BrClIN2OS. The molecule has 0 amide bonds. The van der Waals surface area contributed by atoms with E-state index in [2.05, 4.69) is 48.8 Å². The van der Waals surface area contributed by atoms with Crippen molar-refractivity contribution in [2.24, 2.45) is 0 Å². The normalized spacial score (nSPS) is 10.5. The third-order valence-electron chi connectivity index (χ3n) is 2.04. The highest BCUT2D eigenvalue weighted by Gasteiger charge is 2.09. The molecule has 0 saturated heterocycles. The van der Waals surface area contributed by atoms with Crippen molar-refractivity contribution in [2.45, 2.75) is 6.54 Å². The second-order valence-corrected chi connectivity index (χ2v) is 6.90. The first-order valence-corrected chi connectivity index (χ1v) is 7.65. The molecule has 1 aromatic heterocycles. The molecule has 2 N–H and O–H groups in total. The molecule has 0 aliphatic rings. The molecule has 0 aliphatic carbocycles. The molecule has 0 saturated carbocycles. The molecule has 0 spiro atoms. The Balaban J connectivity index is 2.16. The van der Waals surface area contributed by atoms with Gasteiger partial charge in [-0.2, -0.15) is 0 Å². The standard InChI is InChI=1S/C10H7BrClIN2OS/c11-6-1-2-7(13)9(16)8(6)14-3-5-4-15-10(12)17-5/h1-2,4,14,16H,3H2. The maximum atomic E-state index is 9.92. The number of hydrogen-bond donors (Lipinski definition) is 2. The molecule has 1 aromatic carbocycles. The van der Waals surface area contributed by atoms with E-state index in [1.54, 1.807) is 6.20 Å². The van der Waals surface area contributed by atoms with Gasteiger partial charge in [-0.15, -0.1) is 11.3 Å². The molecule has 1 heterocycles. The third-order valence-corrected chi connectivity index (χ3v) is 4.69. The Morgan fingerprint density at radius 3 is 2.94 bits per heavy atom. The average molecular weight is 446 g/mol. The summed E-state index contributed by atoms with van der Waals surface area (Å²) in [6.45, 7) is 0.580. The van der Waals surface area contributed by atoms with Gasteiger partial charge in [0.2, 0.25) is 0 Å². The van der Waals surface area contributed by atoms with Crippen molar-refractivity contribution in [1.29, 1.82) is 0 Å². The van der Waals surface area contributed by atoms with Crippen LogP contribution in [0.25, 0.3) is 0 Å². The van der Waals surface area contributed by atoms with Gasteiger partial charge in [-0.1, -0.05) is 11.6 Å². The number of rotatable bonds is 3. The fourth-order valence-electron chi connectivity index (χ4n) is 1.25. The van der Waals surface area contributed by atoms with Crippen LogP contribution in [0.5, 0.6) is 5.75 Å². The van der Waals surface area contributed by atoms with E-state index >= 15 is 0 Å². The monoisotopic (exact) mass is 444 g/mol. The molecule has 0 aliphatic heterocycles. The molecule has 3 nitrogen and oxygen atoms in total. The fraction of sp³-hybridized carbons (Fsp3) is 0.100. The third kappa shape index (κ3) is 3.24. The summed E-state index contributed by atoms with van der Waals surface area (Å²) in [7, 11) is 0. The minimum Gasteiger partial charge on any atom is -0.505 e. The van der Waals surface area contributed by atoms with Crippen LogP contribution in [0, 0.1) is 3.57 Å². The molecule has 2 rings (SSSR count). The van der Waals surface area contributed by atoms with Crippen LogP contribution in [0.15, 0.2) is 22.8 Å². The molecule has 0 unspecified atom stereocenters. The summed E-state index contributed by atoms with van der Waals surface area (Å²) in [6, 6.07) is 3.73. The number of phenolic OH excluding ortho intramolecular Hbond substituents is 1.